The third-order valence-electron chi connectivity index (χ3n) is 6.39. The molecule has 3 amide bonds. The highest BCUT2D eigenvalue weighted by molar-refractivity contribution is 6.00. The number of amides is 3. The molecule has 0 fully saturated rings. The molecule has 2 aromatic carbocycles. The summed E-state index contributed by atoms with van der Waals surface area (Å²) in [5.74, 6) is -2.45. The Bertz CT molecular complexity index is 1120. The van der Waals surface area contributed by atoms with Gasteiger partial charge >= 0.3 is 0 Å². The summed E-state index contributed by atoms with van der Waals surface area (Å²) in [5, 5.41) is 16.4. The molecule has 0 bridgehead atoms. The Kier molecular flexibility index (Phi) is 13.7. The minimum absolute atomic E-state index is 0.0545. The molecule has 0 aromatic heterocycles. The van der Waals surface area contributed by atoms with Crippen LogP contribution in [0.15, 0.2) is 36.4 Å². The van der Waals surface area contributed by atoms with Crippen molar-refractivity contribution in [2.24, 2.45) is 5.73 Å². The van der Waals surface area contributed by atoms with Crippen molar-refractivity contribution in [3.8, 4) is 0 Å². The minimum Gasteiger partial charge on any atom is -0.391 e. The zero-order valence-electron chi connectivity index (χ0n) is 23.6. The summed E-state index contributed by atoms with van der Waals surface area (Å²) in [5.41, 5.74) is 7.01. The topological polar surface area (TPSA) is 125 Å². The highest BCUT2D eigenvalue weighted by Crippen LogP contribution is 2.16. The molecule has 2 aromatic rings. The first kappa shape index (κ1) is 32.8. The van der Waals surface area contributed by atoms with Gasteiger partial charge in [0.25, 0.3) is 11.8 Å². The number of halogens is 2. The van der Waals surface area contributed by atoms with Gasteiger partial charge in [-0.15, -0.1) is 0 Å². The maximum absolute atomic E-state index is 13.9. The van der Waals surface area contributed by atoms with Crippen LogP contribution in [0.3, 0.4) is 0 Å². The van der Waals surface area contributed by atoms with Gasteiger partial charge in [0.05, 0.1) is 12.1 Å². The fourth-order valence-corrected chi connectivity index (χ4v) is 4.50. The average Bonchev–Trinajstić information content (AvgIpc) is 2.90. The molecule has 0 aliphatic carbocycles. The molecule has 2 rings (SSSR count). The van der Waals surface area contributed by atoms with Crippen LogP contribution in [0, 0.1) is 18.6 Å². The van der Waals surface area contributed by atoms with Crippen LogP contribution in [-0.2, 0) is 11.2 Å². The second-order valence-electron chi connectivity index (χ2n) is 10.0. The molecule has 0 unspecified atom stereocenters. The fraction of sp³-hybridized carbons (Fsp3) is 0.500. The molecule has 10 heteroatoms. The van der Waals surface area contributed by atoms with Crippen molar-refractivity contribution in [3.63, 3.8) is 0 Å². The van der Waals surface area contributed by atoms with Crippen molar-refractivity contribution in [2.75, 3.05) is 26.2 Å². The summed E-state index contributed by atoms with van der Waals surface area (Å²) in [6.45, 7) is 7.50. The maximum atomic E-state index is 13.9. The van der Waals surface area contributed by atoms with Gasteiger partial charge in [0.2, 0.25) is 5.91 Å². The first-order valence-corrected chi connectivity index (χ1v) is 13.9. The highest BCUT2D eigenvalue weighted by Gasteiger charge is 2.24. The first-order chi connectivity index (χ1) is 19.1. The molecular weight excluding hydrogens is 518 g/mol. The van der Waals surface area contributed by atoms with E-state index in [0.29, 0.717) is 37.2 Å². The lowest BCUT2D eigenvalue weighted by Crippen LogP contribution is -2.46. The summed E-state index contributed by atoms with van der Waals surface area (Å²) in [6.07, 6.45) is 1.31. The van der Waals surface area contributed by atoms with Gasteiger partial charge in [0, 0.05) is 43.2 Å². The molecule has 0 radical (unpaired) electrons. The number of nitrogens with two attached hydrogens (primary N) is 1. The standard InChI is InChI=1S/C30H42F2N4O4/c1-4-11-36(12-5-2)30(40)23-14-20(3)13-22(18-23)29(39)35-26(17-21-15-24(31)19-25(32)16-21)27(37)8-10-34-28(38)7-6-9-33/h13-16,18-19,26-27,37H,4-12,17,33H2,1-3H3,(H,34,38)(H,35,39)/t26-,27-/m0/s1. The molecule has 0 aliphatic heterocycles. The number of aliphatic hydroxyl groups is 1. The molecule has 0 saturated heterocycles. The van der Waals surface area contributed by atoms with E-state index < -0.39 is 29.7 Å². The second-order valence-corrected chi connectivity index (χ2v) is 10.0. The number of nitrogens with one attached hydrogen (secondary N) is 2. The number of carbonyl (C=O) groups is 3. The van der Waals surface area contributed by atoms with Gasteiger partial charge in [-0.2, -0.15) is 0 Å². The minimum atomic E-state index is -1.14. The summed E-state index contributed by atoms with van der Waals surface area (Å²) in [4.78, 5) is 40.2. The Hall–Kier alpha value is -3.37. The van der Waals surface area contributed by atoms with Crippen LogP contribution in [0.1, 0.15) is 77.8 Å². The molecule has 0 saturated carbocycles. The van der Waals surface area contributed by atoms with Crippen LogP contribution >= 0.6 is 0 Å². The predicted octanol–water partition coefficient (Wildman–Crippen LogP) is 3.48. The normalized spacial score (nSPS) is 12.5. The number of rotatable bonds is 16. The molecule has 5 N–H and O–H groups in total. The summed E-state index contributed by atoms with van der Waals surface area (Å²) in [6, 6.07) is 6.99. The summed E-state index contributed by atoms with van der Waals surface area (Å²) >= 11 is 0. The van der Waals surface area contributed by atoms with E-state index in [1.165, 1.54) is 6.07 Å². The zero-order chi connectivity index (χ0) is 29.7. The monoisotopic (exact) mass is 560 g/mol. The number of nitrogens with zero attached hydrogens (tertiary/aromatic N) is 1. The third-order valence-corrected chi connectivity index (χ3v) is 6.39. The average molecular weight is 561 g/mol. The van der Waals surface area contributed by atoms with E-state index in [1.54, 1.807) is 24.0 Å². The number of aryl methyl sites for hydroxylation is 1. The molecule has 0 heterocycles. The van der Waals surface area contributed by atoms with Gasteiger partial charge in [-0.1, -0.05) is 13.8 Å². The molecule has 220 valence electrons. The van der Waals surface area contributed by atoms with Gasteiger partial charge < -0.3 is 26.4 Å². The van der Waals surface area contributed by atoms with Crippen LogP contribution in [-0.4, -0.2) is 66.1 Å². The van der Waals surface area contributed by atoms with E-state index in [9.17, 15) is 28.3 Å². The number of carbonyl (C=O) groups excluding carboxylic acids is 3. The summed E-state index contributed by atoms with van der Waals surface area (Å²) in [7, 11) is 0. The van der Waals surface area contributed by atoms with Crippen molar-refractivity contribution < 1.29 is 28.3 Å². The molecule has 2 atom stereocenters. The van der Waals surface area contributed by atoms with E-state index in [1.807, 2.05) is 13.8 Å². The van der Waals surface area contributed by atoms with Crippen LogP contribution in [0.5, 0.6) is 0 Å². The SMILES string of the molecule is CCCN(CCC)C(=O)c1cc(C)cc(C(=O)N[C@@H](Cc2cc(F)cc(F)c2)[C@@H](O)CCNC(=O)CCCN)c1. The van der Waals surface area contributed by atoms with Crippen LogP contribution in [0.2, 0.25) is 0 Å². The van der Waals surface area contributed by atoms with E-state index in [0.717, 1.165) is 31.0 Å². The van der Waals surface area contributed by atoms with Gasteiger partial charge in [0.15, 0.2) is 0 Å². The molecular formula is C30H42F2N4O4. The van der Waals surface area contributed by atoms with Crippen LogP contribution < -0.4 is 16.4 Å². The summed E-state index contributed by atoms with van der Waals surface area (Å²) < 4.78 is 27.7. The lowest BCUT2D eigenvalue weighted by Gasteiger charge is -2.25. The van der Waals surface area contributed by atoms with Crippen molar-refractivity contribution in [2.45, 2.75) is 71.4 Å². The Balaban J connectivity index is 2.25. The van der Waals surface area contributed by atoms with E-state index in [-0.39, 0.29) is 48.7 Å². The van der Waals surface area contributed by atoms with Crippen molar-refractivity contribution in [1.29, 1.82) is 0 Å². The van der Waals surface area contributed by atoms with Crippen molar-refractivity contribution >= 4 is 17.7 Å². The Morgan fingerprint density at radius 2 is 1.60 bits per heavy atom. The number of hydrogen-bond donors (Lipinski definition) is 4. The Morgan fingerprint density at radius 1 is 0.975 bits per heavy atom. The van der Waals surface area contributed by atoms with Crippen molar-refractivity contribution in [1.82, 2.24) is 15.5 Å². The van der Waals surface area contributed by atoms with Crippen LogP contribution in [0.4, 0.5) is 8.78 Å². The van der Waals surface area contributed by atoms with Gasteiger partial charge in [-0.3, -0.25) is 14.4 Å². The Labute approximate surface area is 235 Å². The number of benzene rings is 2. The fourth-order valence-electron chi connectivity index (χ4n) is 4.50. The van der Waals surface area contributed by atoms with Gasteiger partial charge in [-0.25, -0.2) is 8.78 Å². The number of aliphatic hydroxyl groups excluding tert-OH is 1. The smallest absolute Gasteiger partial charge is 0.253 e. The molecule has 0 spiro atoms. The van der Waals surface area contributed by atoms with E-state index in [2.05, 4.69) is 10.6 Å². The van der Waals surface area contributed by atoms with E-state index >= 15 is 0 Å². The van der Waals surface area contributed by atoms with Crippen LogP contribution in [0.25, 0.3) is 0 Å². The maximum Gasteiger partial charge on any atom is 0.253 e. The second kappa shape index (κ2) is 16.7. The molecule has 40 heavy (non-hydrogen) atoms. The predicted molar refractivity (Wildman–Crippen MR) is 151 cm³/mol. The highest BCUT2D eigenvalue weighted by atomic mass is 19.1. The Morgan fingerprint density at radius 3 is 2.20 bits per heavy atom. The number of hydrogen-bond acceptors (Lipinski definition) is 5. The largest absolute Gasteiger partial charge is 0.391 e. The van der Waals surface area contributed by atoms with E-state index in [4.69, 9.17) is 5.73 Å². The van der Waals surface area contributed by atoms with Crippen molar-refractivity contribution in [3.05, 3.63) is 70.3 Å². The van der Waals surface area contributed by atoms with Gasteiger partial charge in [0.1, 0.15) is 11.6 Å². The third kappa shape index (κ3) is 10.7. The molecule has 8 nitrogen and oxygen atoms in total. The zero-order valence-corrected chi connectivity index (χ0v) is 23.6. The lowest BCUT2D eigenvalue weighted by atomic mass is 9.97. The molecule has 0 aliphatic rings. The lowest BCUT2D eigenvalue weighted by molar-refractivity contribution is -0.121. The quantitative estimate of drug-likeness (QED) is 0.250. The van der Waals surface area contributed by atoms with Gasteiger partial charge in [-0.05, 0) is 87.0 Å². The first-order valence-electron chi connectivity index (χ1n) is 13.9.